The number of fused-ring (bicyclic) bond motifs is 1. The van der Waals surface area contributed by atoms with Gasteiger partial charge in [-0.3, -0.25) is 9.59 Å². The molecule has 0 fully saturated rings. The summed E-state index contributed by atoms with van der Waals surface area (Å²) in [6, 6.07) is 14.2. The molecule has 0 saturated carbocycles. The van der Waals surface area contributed by atoms with Gasteiger partial charge in [-0.05, 0) is 17.7 Å². The van der Waals surface area contributed by atoms with Crippen LogP contribution >= 0.6 is 31.9 Å². The highest BCUT2D eigenvalue weighted by molar-refractivity contribution is 9.10. The molecule has 0 aromatic heterocycles. The van der Waals surface area contributed by atoms with Crippen molar-refractivity contribution in [3.05, 3.63) is 69.7 Å². The van der Waals surface area contributed by atoms with E-state index < -0.39 is 4.32 Å². The Morgan fingerprint density at radius 2 is 1.42 bits per heavy atom. The molecule has 0 saturated heterocycles. The average molecular weight is 380 g/mol. The highest BCUT2D eigenvalue weighted by atomic mass is 79.9. The van der Waals surface area contributed by atoms with Crippen LogP contribution in [0.3, 0.4) is 0 Å². The Hall–Kier alpha value is -1.26. The molecule has 1 aliphatic carbocycles. The molecular formula is C15H8Br2O2. The van der Waals surface area contributed by atoms with Crippen LogP contribution in [-0.4, -0.2) is 11.6 Å². The van der Waals surface area contributed by atoms with Crippen molar-refractivity contribution in [2.45, 2.75) is 4.32 Å². The molecule has 0 aliphatic heterocycles. The van der Waals surface area contributed by atoms with Gasteiger partial charge in [-0.15, -0.1) is 0 Å². The molecule has 3 rings (SSSR count). The fraction of sp³-hybridized carbons (Fsp3) is 0.0667. The van der Waals surface area contributed by atoms with Gasteiger partial charge in [-0.1, -0.05) is 68.3 Å². The van der Waals surface area contributed by atoms with Crippen molar-refractivity contribution in [3.8, 4) is 0 Å². The number of rotatable bonds is 1. The maximum atomic E-state index is 12.6. The normalized spacial score (nSPS) is 16.5. The van der Waals surface area contributed by atoms with Gasteiger partial charge in [0.05, 0.1) is 0 Å². The fourth-order valence-corrected chi connectivity index (χ4v) is 3.39. The van der Waals surface area contributed by atoms with E-state index in [1.54, 1.807) is 36.4 Å². The number of hydrogen-bond donors (Lipinski definition) is 0. The molecule has 0 bridgehead atoms. The molecule has 0 atom stereocenters. The minimum atomic E-state index is -1.29. The van der Waals surface area contributed by atoms with E-state index in [0.717, 1.165) is 4.47 Å². The monoisotopic (exact) mass is 378 g/mol. The minimum Gasteiger partial charge on any atom is -0.292 e. The maximum absolute atomic E-state index is 12.6. The molecule has 2 aromatic rings. The third-order valence-electron chi connectivity index (χ3n) is 3.26. The Balaban J connectivity index is 2.23. The summed E-state index contributed by atoms with van der Waals surface area (Å²) in [5, 5.41) is 0. The first-order valence-corrected chi connectivity index (χ1v) is 7.27. The molecule has 19 heavy (non-hydrogen) atoms. The molecule has 2 nitrogen and oxygen atoms in total. The molecule has 4 heteroatoms. The lowest BCUT2D eigenvalue weighted by Gasteiger charge is -2.18. The number of benzene rings is 2. The van der Waals surface area contributed by atoms with Crippen LogP contribution in [0.5, 0.6) is 0 Å². The SMILES string of the molecule is O=C1c2ccccc2C(=O)C1(Br)c1cccc(Br)c1. The van der Waals surface area contributed by atoms with Crippen LogP contribution in [0.2, 0.25) is 0 Å². The topological polar surface area (TPSA) is 34.1 Å². The number of halogens is 2. The Morgan fingerprint density at radius 1 is 0.842 bits per heavy atom. The smallest absolute Gasteiger partial charge is 0.192 e. The Bertz CT molecular complexity index is 672. The lowest BCUT2D eigenvalue weighted by molar-refractivity contribution is 0.0871. The molecule has 2 aromatic carbocycles. The third-order valence-corrected chi connectivity index (χ3v) is 4.94. The molecule has 0 radical (unpaired) electrons. The van der Waals surface area contributed by atoms with Gasteiger partial charge >= 0.3 is 0 Å². The van der Waals surface area contributed by atoms with Crippen molar-refractivity contribution in [3.63, 3.8) is 0 Å². The van der Waals surface area contributed by atoms with Crippen LogP contribution < -0.4 is 0 Å². The van der Waals surface area contributed by atoms with E-state index in [0.29, 0.717) is 16.7 Å². The molecular weight excluding hydrogens is 372 g/mol. The van der Waals surface area contributed by atoms with E-state index in [1.807, 2.05) is 12.1 Å². The second-order valence-corrected chi connectivity index (χ2v) is 6.48. The summed E-state index contributed by atoms with van der Waals surface area (Å²) in [7, 11) is 0. The van der Waals surface area contributed by atoms with Gasteiger partial charge in [0.15, 0.2) is 15.9 Å². The van der Waals surface area contributed by atoms with E-state index >= 15 is 0 Å². The van der Waals surface area contributed by atoms with E-state index in [1.165, 1.54) is 0 Å². The standard InChI is InChI=1S/C15H8Br2O2/c16-10-5-3-4-9(8-10)15(17)13(18)11-6-1-2-7-12(11)14(15)19/h1-8H. The molecule has 0 amide bonds. The summed E-state index contributed by atoms with van der Waals surface area (Å²) in [5.41, 5.74) is 1.60. The van der Waals surface area contributed by atoms with Crippen molar-refractivity contribution in [2.75, 3.05) is 0 Å². The largest absolute Gasteiger partial charge is 0.292 e. The van der Waals surface area contributed by atoms with Gasteiger partial charge in [0.1, 0.15) is 0 Å². The van der Waals surface area contributed by atoms with Gasteiger partial charge in [0, 0.05) is 15.6 Å². The third kappa shape index (κ3) is 1.74. The summed E-state index contributed by atoms with van der Waals surface area (Å²) in [6.45, 7) is 0. The minimum absolute atomic E-state index is 0.203. The first-order valence-electron chi connectivity index (χ1n) is 5.68. The second kappa shape index (κ2) is 4.39. The van der Waals surface area contributed by atoms with E-state index in [9.17, 15) is 9.59 Å². The van der Waals surface area contributed by atoms with Crippen LogP contribution in [-0.2, 0) is 4.32 Å². The van der Waals surface area contributed by atoms with Gasteiger partial charge in [-0.2, -0.15) is 0 Å². The zero-order chi connectivity index (χ0) is 13.6. The van der Waals surface area contributed by atoms with Crippen LogP contribution in [0.25, 0.3) is 0 Å². The summed E-state index contributed by atoms with van der Waals surface area (Å²) >= 11 is 6.74. The van der Waals surface area contributed by atoms with Crippen molar-refractivity contribution in [1.29, 1.82) is 0 Å². The van der Waals surface area contributed by atoms with Crippen molar-refractivity contribution < 1.29 is 9.59 Å². The first kappa shape index (κ1) is 12.8. The Labute approximate surface area is 127 Å². The van der Waals surface area contributed by atoms with Crippen LogP contribution in [0.4, 0.5) is 0 Å². The number of carbonyl (C=O) groups is 2. The van der Waals surface area contributed by atoms with Crippen LogP contribution in [0.1, 0.15) is 26.3 Å². The van der Waals surface area contributed by atoms with Gasteiger partial charge in [-0.25, -0.2) is 0 Å². The molecule has 0 spiro atoms. The predicted octanol–water partition coefficient (Wildman–Crippen LogP) is 4.12. The zero-order valence-electron chi connectivity index (χ0n) is 9.69. The zero-order valence-corrected chi connectivity index (χ0v) is 12.9. The summed E-state index contributed by atoms with van der Waals surface area (Å²) in [4.78, 5) is 25.1. The average Bonchev–Trinajstić information content (AvgIpc) is 2.63. The van der Waals surface area contributed by atoms with Gasteiger partial charge in [0.25, 0.3) is 0 Å². The lowest BCUT2D eigenvalue weighted by Crippen LogP contribution is -2.31. The van der Waals surface area contributed by atoms with Gasteiger partial charge in [0.2, 0.25) is 0 Å². The molecule has 0 N–H and O–H groups in total. The lowest BCUT2D eigenvalue weighted by atomic mass is 9.94. The number of alkyl halides is 1. The van der Waals surface area contributed by atoms with Crippen molar-refractivity contribution in [2.24, 2.45) is 0 Å². The molecule has 94 valence electrons. The predicted molar refractivity (Wildman–Crippen MR) is 79.9 cm³/mol. The fourth-order valence-electron chi connectivity index (χ4n) is 2.32. The van der Waals surface area contributed by atoms with Gasteiger partial charge < -0.3 is 0 Å². The van der Waals surface area contributed by atoms with E-state index in [4.69, 9.17) is 0 Å². The number of hydrogen-bond acceptors (Lipinski definition) is 2. The number of carbonyl (C=O) groups excluding carboxylic acids is 2. The molecule has 0 heterocycles. The van der Waals surface area contributed by atoms with Crippen LogP contribution in [0.15, 0.2) is 53.0 Å². The van der Waals surface area contributed by atoms with E-state index in [-0.39, 0.29) is 11.6 Å². The van der Waals surface area contributed by atoms with Crippen molar-refractivity contribution >= 4 is 43.4 Å². The molecule has 0 unspecified atom stereocenters. The summed E-state index contributed by atoms with van der Waals surface area (Å²) in [5.74, 6) is -0.405. The van der Waals surface area contributed by atoms with E-state index in [2.05, 4.69) is 31.9 Å². The summed E-state index contributed by atoms with van der Waals surface area (Å²) < 4.78 is -0.458. The quantitative estimate of drug-likeness (QED) is 0.551. The first-order chi connectivity index (χ1) is 9.05. The number of ketones is 2. The highest BCUT2D eigenvalue weighted by Crippen LogP contribution is 2.44. The maximum Gasteiger partial charge on any atom is 0.192 e. The second-order valence-electron chi connectivity index (χ2n) is 4.37. The Morgan fingerprint density at radius 3 is 1.95 bits per heavy atom. The summed E-state index contributed by atoms with van der Waals surface area (Å²) in [6.07, 6.45) is 0. The molecule has 1 aliphatic rings. The Kier molecular flexibility index (Phi) is 2.95. The highest BCUT2D eigenvalue weighted by Gasteiger charge is 2.52. The van der Waals surface area contributed by atoms with Crippen molar-refractivity contribution in [1.82, 2.24) is 0 Å². The number of Topliss-reactive ketones (excluding diaryl/α,β-unsaturated/α-hetero) is 2. The van der Waals surface area contributed by atoms with Crippen LogP contribution in [0, 0.1) is 0 Å².